The van der Waals surface area contributed by atoms with Gasteiger partial charge in [0.05, 0.1) is 16.1 Å². The first kappa shape index (κ1) is 21.6. The van der Waals surface area contributed by atoms with Crippen molar-refractivity contribution in [2.24, 2.45) is 11.8 Å². The van der Waals surface area contributed by atoms with Crippen molar-refractivity contribution >= 4 is 21.6 Å². The molecule has 0 saturated heterocycles. The van der Waals surface area contributed by atoms with Gasteiger partial charge in [-0.25, -0.2) is 13.2 Å². The van der Waals surface area contributed by atoms with Crippen LogP contribution in [0.4, 0.5) is 0 Å². The molecular formula is C21H30O5S. The predicted molar refractivity (Wildman–Crippen MR) is 106 cm³/mol. The third-order valence-corrected chi connectivity index (χ3v) is 8.30. The number of aromatic carboxylic acids is 1. The highest BCUT2D eigenvalue weighted by Gasteiger charge is 2.34. The van der Waals surface area contributed by atoms with Crippen LogP contribution < -0.4 is 0 Å². The Labute approximate surface area is 162 Å². The SMILES string of the molecule is CC(C)(C)S(=O)(=O)CC1CCC(C(=O)CCc2cccc(C(=O)O)c2)CC1. The zero-order valence-corrected chi connectivity index (χ0v) is 17.2. The van der Waals surface area contributed by atoms with Crippen molar-refractivity contribution in [2.75, 3.05) is 5.75 Å². The minimum Gasteiger partial charge on any atom is -0.478 e. The van der Waals surface area contributed by atoms with Crippen LogP contribution in [0.15, 0.2) is 24.3 Å². The molecule has 1 N–H and O–H groups in total. The Morgan fingerprint density at radius 2 is 1.74 bits per heavy atom. The van der Waals surface area contributed by atoms with Gasteiger partial charge in [-0.3, -0.25) is 4.79 Å². The number of benzene rings is 1. The molecule has 0 radical (unpaired) electrons. The summed E-state index contributed by atoms with van der Waals surface area (Å²) in [5.41, 5.74) is 1.09. The lowest BCUT2D eigenvalue weighted by Gasteiger charge is -2.30. The van der Waals surface area contributed by atoms with E-state index in [2.05, 4.69) is 0 Å². The largest absolute Gasteiger partial charge is 0.478 e. The summed E-state index contributed by atoms with van der Waals surface area (Å²) in [5, 5.41) is 9.04. The van der Waals surface area contributed by atoms with Gasteiger partial charge in [-0.1, -0.05) is 12.1 Å². The second kappa shape index (κ2) is 8.55. The number of aryl methyl sites for hydroxylation is 1. The molecule has 0 bridgehead atoms. The summed E-state index contributed by atoms with van der Waals surface area (Å²) in [4.78, 5) is 23.5. The van der Waals surface area contributed by atoms with E-state index in [1.807, 2.05) is 6.07 Å². The maximum Gasteiger partial charge on any atom is 0.335 e. The molecule has 0 heterocycles. The lowest BCUT2D eigenvalue weighted by Crippen LogP contribution is -2.35. The first-order chi connectivity index (χ1) is 12.5. The quantitative estimate of drug-likeness (QED) is 0.757. The van der Waals surface area contributed by atoms with Gasteiger partial charge in [0.1, 0.15) is 5.78 Å². The summed E-state index contributed by atoms with van der Waals surface area (Å²) >= 11 is 0. The normalized spacial score (nSPS) is 21.0. The average Bonchev–Trinajstić information content (AvgIpc) is 2.59. The Morgan fingerprint density at radius 3 is 2.30 bits per heavy atom. The standard InChI is InChI=1S/C21H30O5S/c1-21(2,3)27(25,26)14-16-7-10-17(11-8-16)19(22)12-9-15-5-4-6-18(13-15)20(23)24/h4-6,13,16-17H,7-12,14H2,1-3H3,(H,23,24). The number of sulfone groups is 1. The van der Waals surface area contributed by atoms with E-state index in [4.69, 9.17) is 5.11 Å². The number of ketones is 1. The molecule has 1 saturated carbocycles. The van der Waals surface area contributed by atoms with Crippen LogP contribution in [-0.2, 0) is 21.1 Å². The Morgan fingerprint density at radius 1 is 1.11 bits per heavy atom. The molecule has 150 valence electrons. The van der Waals surface area contributed by atoms with Crippen LogP contribution in [0.1, 0.15) is 68.8 Å². The molecule has 0 amide bonds. The van der Waals surface area contributed by atoms with E-state index in [0.29, 0.717) is 12.8 Å². The Hall–Kier alpha value is -1.69. The lowest BCUT2D eigenvalue weighted by atomic mass is 9.79. The van der Waals surface area contributed by atoms with Crippen LogP contribution in [0.5, 0.6) is 0 Å². The summed E-state index contributed by atoms with van der Waals surface area (Å²) < 4.78 is 24.0. The van der Waals surface area contributed by atoms with Crippen molar-refractivity contribution in [3.8, 4) is 0 Å². The highest BCUT2D eigenvalue weighted by molar-refractivity contribution is 7.92. The van der Waals surface area contributed by atoms with Crippen LogP contribution >= 0.6 is 0 Å². The molecular weight excluding hydrogens is 364 g/mol. The number of hydrogen-bond donors (Lipinski definition) is 1. The zero-order valence-electron chi connectivity index (χ0n) is 16.4. The molecule has 0 unspecified atom stereocenters. The van der Waals surface area contributed by atoms with Gasteiger partial charge in [0.2, 0.25) is 0 Å². The summed E-state index contributed by atoms with van der Waals surface area (Å²) in [5.74, 6) is -0.411. The first-order valence-electron chi connectivity index (χ1n) is 9.57. The van der Waals surface area contributed by atoms with Gasteiger partial charge >= 0.3 is 5.97 Å². The topological polar surface area (TPSA) is 88.5 Å². The van der Waals surface area contributed by atoms with Gasteiger partial charge in [-0.2, -0.15) is 0 Å². The minimum absolute atomic E-state index is 0.00115. The number of rotatable bonds is 7. The molecule has 1 aliphatic carbocycles. The van der Waals surface area contributed by atoms with Crippen LogP contribution in [0, 0.1) is 11.8 Å². The van der Waals surface area contributed by atoms with Gasteiger partial charge < -0.3 is 5.11 Å². The Kier molecular flexibility index (Phi) is 6.84. The van der Waals surface area contributed by atoms with E-state index in [9.17, 15) is 18.0 Å². The second-order valence-corrected chi connectivity index (χ2v) is 11.4. The van der Waals surface area contributed by atoms with Gasteiger partial charge in [-0.05, 0) is 76.5 Å². The molecule has 0 aromatic heterocycles. The van der Waals surface area contributed by atoms with E-state index >= 15 is 0 Å². The number of Topliss-reactive ketones (excluding diaryl/α,β-unsaturated/α-hetero) is 1. The van der Waals surface area contributed by atoms with Crippen molar-refractivity contribution in [1.82, 2.24) is 0 Å². The molecule has 0 spiro atoms. The fraction of sp³-hybridized carbons (Fsp3) is 0.619. The molecule has 2 rings (SSSR count). The third kappa shape index (κ3) is 5.89. The first-order valence-corrected chi connectivity index (χ1v) is 11.2. The molecule has 0 atom stereocenters. The van der Waals surface area contributed by atoms with Crippen molar-refractivity contribution < 1.29 is 23.1 Å². The summed E-state index contributed by atoms with van der Waals surface area (Å²) in [6, 6.07) is 6.70. The monoisotopic (exact) mass is 394 g/mol. The summed E-state index contributed by atoms with van der Waals surface area (Å²) in [6.45, 7) is 5.20. The van der Waals surface area contributed by atoms with Crippen molar-refractivity contribution in [3.63, 3.8) is 0 Å². The molecule has 1 fully saturated rings. The number of hydrogen-bond acceptors (Lipinski definition) is 4. The van der Waals surface area contributed by atoms with Gasteiger partial charge in [0.25, 0.3) is 0 Å². The predicted octanol–water partition coefficient (Wildman–Crippen LogP) is 3.91. The van der Waals surface area contributed by atoms with E-state index in [1.54, 1.807) is 39.0 Å². The van der Waals surface area contributed by atoms with Crippen molar-refractivity contribution in [1.29, 1.82) is 0 Å². The van der Waals surface area contributed by atoms with Crippen molar-refractivity contribution in [2.45, 2.75) is 64.0 Å². The summed E-state index contributed by atoms with van der Waals surface area (Å²) in [7, 11) is -3.13. The van der Waals surface area contributed by atoms with Gasteiger partial charge in [0, 0.05) is 12.3 Å². The van der Waals surface area contributed by atoms with Gasteiger partial charge in [0.15, 0.2) is 9.84 Å². The van der Waals surface area contributed by atoms with E-state index in [1.165, 1.54) is 0 Å². The Bertz CT molecular complexity index is 781. The fourth-order valence-electron chi connectivity index (χ4n) is 3.54. The molecule has 5 nitrogen and oxygen atoms in total. The van der Waals surface area contributed by atoms with Crippen LogP contribution in [-0.4, -0.2) is 35.8 Å². The minimum atomic E-state index is -3.13. The van der Waals surface area contributed by atoms with Crippen LogP contribution in [0.3, 0.4) is 0 Å². The fourth-order valence-corrected chi connectivity index (χ4v) is 5.00. The smallest absolute Gasteiger partial charge is 0.335 e. The molecule has 1 aliphatic rings. The maximum absolute atomic E-state index is 12.5. The third-order valence-electron chi connectivity index (χ3n) is 5.52. The number of carboxylic acid groups (broad SMARTS) is 1. The average molecular weight is 395 g/mol. The molecule has 27 heavy (non-hydrogen) atoms. The van der Waals surface area contributed by atoms with Crippen molar-refractivity contribution in [3.05, 3.63) is 35.4 Å². The molecule has 1 aromatic rings. The maximum atomic E-state index is 12.5. The van der Waals surface area contributed by atoms with Crippen LogP contribution in [0.2, 0.25) is 0 Å². The second-order valence-electron chi connectivity index (χ2n) is 8.58. The molecule has 0 aliphatic heterocycles. The molecule has 6 heteroatoms. The van der Waals surface area contributed by atoms with E-state index < -0.39 is 20.6 Å². The Balaban J connectivity index is 1.83. The van der Waals surface area contributed by atoms with Gasteiger partial charge in [-0.15, -0.1) is 0 Å². The van der Waals surface area contributed by atoms with E-state index in [-0.39, 0.29) is 28.9 Å². The molecule has 1 aromatic carbocycles. The number of carbonyl (C=O) groups is 2. The summed E-state index contributed by atoms with van der Waals surface area (Å²) in [6.07, 6.45) is 3.99. The van der Waals surface area contributed by atoms with Crippen LogP contribution in [0.25, 0.3) is 0 Å². The highest BCUT2D eigenvalue weighted by atomic mass is 32.2. The number of carboxylic acids is 1. The zero-order chi connectivity index (χ0) is 20.2. The highest BCUT2D eigenvalue weighted by Crippen LogP contribution is 2.33. The van der Waals surface area contributed by atoms with E-state index in [0.717, 1.165) is 31.2 Å². The number of carbonyl (C=O) groups excluding carboxylic acids is 1. The lowest BCUT2D eigenvalue weighted by molar-refractivity contribution is -0.124.